The maximum Gasteiger partial charge on any atom is 0.235 e. The van der Waals surface area contributed by atoms with Crippen LogP contribution in [0.25, 0.3) is 72.2 Å². The number of hydrogen-bond acceptors (Lipinski definition) is 3. The topological polar surface area (TPSA) is 43.9 Å². The van der Waals surface area contributed by atoms with Crippen LogP contribution >= 0.6 is 0 Å². The van der Waals surface area contributed by atoms with Gasteiger partial charge in [-0.1, -0.05) is 83.9 Å². The molecule has 4 heteroatoms. The normalized spacial score (nSPS) is 11.8. The second kappa shape index (κ2) is 8.65. The van der Waals surface area contributed by atoms with Gasteiger partial charge in [0.25, 0.3) is 0 Å². The van der Waals surface area contributed by atoms with E-state index in [2.05, 4.69) is 97.3 Å². The number of aryl methyl sites for hydroxylation is 2. The molecule has 8 aromatic rings. The van der Waals surface area contributed by atoms with Gasteiger partial charge >= 0.3 is 0 Å². The molecule has 0 unspecified atom stereocenters. The van der Waals surface area contributed by atoms with Gasteiger partial charge in [-0.2, -0.15) is 0 Å². The van der Waals surface area contributed by atoms with Crippen LogP contribution in [0, 0.1) is 13.8 Å². The lowest BCUT2D eigenvalue weighted by molar-refractivity contribution is 0.669. The molecule has 5 aromatic carbocycles. The Kier molecular flexibility index (Phi) is 4.92. The van der Waals surface area contributed by atoms with Crippen molar-refractivity contribution in [1.82, 2.24) is 14.5 Å². The summed E-state index contributed by atoms with van der Waals surface area (Å²) in [5.41, 5.74) is 10.2. The Balaban J connectivity index is 1.52. The van der Waals surface area contributed by atoms with E-state index in [4.69, 9.17) is 14.4 Å². The summed E-state index contributed by atoms with van der Waals surface area (Å²) in [6.07, 6.45) is 0. The molecule has 0 radical (unpaired) electrons. The van der Waals surface area contributed by atoms with Crippen molar-refractivity contribution >= 4 is 43.7 Å². The fraction of sp³-hybridized carbons (Fsp3) is 0.0556. The molecule has 0 amide bonds. The van der Waals surface area contributed by atoms with Gasteiger partial charge in [0.15, 0.2) is 0 Å². The molecule has 0 saturated heterocycles. The Labute approximate surface area is 231 Å². The maximum absolute atomic E-state index is 6.32. The van der Waals surface area contributed by atoms with Crippen LogP contribution in [0.15, 0.2) is 120 Å². The number of hydrogen-bond donors (Lipinski definition) is 0. The molecule has 3 aromatic heterocycles. The highest BCUT2D eigenvalue weighted by atomic mass is 16.3. The average molecular weight is 516 g/mol. The lowest BCUT2D eigenvalue weighted by atomic mass is 10.0. The molecule has 0 saturated carbocycles. The Bertz CT molecular complexity index is 2170. The smallest absolute Gasteiger partial charge is 0.235 e. The lowest BCUT2D eigenvalue weighted by Crippen LogP contribution is -2.04. The molecule has 3 heterocycles. The third-order valence-corrected chi connectivity index (χ3v) is 7.73. The van der Waals surface area contributed by atoms with Crippen molar-refractivity contribution in [2.45, 2.75) is 13.8 Å². The van der Waals surface area contributed by atoms with E-state index >= 15 is 0 Å². The lowest BCUT2D eigenvalue weighted by Gasteiger charge is -2.11. The van der Waals surface area contributed by atoms with E-state index in [1.165, 1.54) is 16.5 Å². The summed E-state index contributed by atoms with van der Waals surface area (Å²) in [4.78, 5) is 10.3. The zero-order valence-corrected chi connectivity index (χ0v) is 22.2. The number of fused-ring (bicyclic) bond motifs is 7. The van der Waals surface area contributed by atoms with Gasteiger partial charge in [-0.25, -0.2) is 9.97 Å². The first kappa shape index (κ1) is 22.7. The van der Waals surface area contributed by atoms with Gasteiger partial charge in [0.2, 0.25) is 5.95 Å². The summed E-state index contributed by atoms with van der Waals surface area (Å²) in [5.74, 6) is 0.646. The zero-order valence-electron chi connectivity index (χ0n) is 22.2. The van der Waals surface area contributed by atoms with Crippen LogP contribution in [0.1, 0.15) is 11.1 Å². The van der Waals surface area contributed by atoms with Gasteiger partial charge in [0.1, 0.15) is 11.2 Å². The Hall–Kier alpha value is -5.22. The molecule has 0 spiro atoms. The van der Waals surface area contributed by atoms with Gasteiger partial charge in [-0.05, 0) is 56.3 Å². The summed E-state index contributed by atoms with van der Waals surface area (Å²) >= 11 is 0. The van der Waals surface area contributed by atoms with Crippen LogP contribution in [0.5, 0.6) is 0 Å². The van der Waals surface area contributed by atoms with E-state index in [0.29, 0.717) is 5.95 Å². The molecule has 0 fully saturated rings. The van der Waals surface area contributed by atoms with Crippen molar-refractivity contribution in [2.24, 2.45) is 0 Å². The monoisotopic (exact) mass is 515 g/mol. The molecule has 0 bridgehead atoms. The van der Waals surface area contributed by atoms with E-state index in [0.717, 1.165) is 60.9 Å². The van der Waals surface area contributed by atoms with Crippen molar-refractivity contribution in [1.29, 1.82) is 0 Å². The van der Waals surface area contributed by atoms with Crippen LogP contribution in [-0.4, -0.2) is 14.5 Å². The van der Waals surface area contributed by atoms with Crippen molar-refractivity contribution < 1.29 is 4.42 Å². The van der Waals surface area contributed by atoms with Crippen LogP contribution in [-0.2, 0) is 0 Å². The Morgan fingerprint density at radius 3 is 1.77 bits per heavy atom. The minimum absolute atomic E-state index is 0.646. The average Bonchev–Trinajstić information content (AvgIpc) is 3.52. The van der Waals surface area contributed by atoms with Crippen molar-refractivity contribution in [3.05, 3.63) is 126 Å². The number of rotatable bonds is 3. The Morgan fingerprint density at radius 2 is 1.10 bits per heavy atom. The second-order valence-corrected chi connectivity index (χ2v) is 10.5. The highest BCUT2D eigenvalue weighted by molar-refractivity contribution is 6.27. The van der Waals surface area contributed by atoms with Crippen LogP contribution in [0.2, 0.25) is 0 Å². The molecular formula is C36H25N3O. The Morgan fingerprint density at radius 1 is 0.525 bits per heavy atom. The van der Waals surface area contributed by atoms with Gasteiger partial charge in [0, 0.05) is 32.7 Å². The molecule has 40 heavy (non-hydrogen) atoms. The quantitative estimate of drug-likeness (QED) is 0.235. The van der Waals surface area contributed by atoms with E-state index in [9.17, 15) is 0 Å². The minimum Gasteiger partial charge on any atom is -0.456 e. The minimum atomic E-state index is 0.646. The van der Waals surface area contributed by atoms with Crippen molar-refractivity contribution in [3.8, 4) is 28.5 Å². The standard InChI is InChI=1S/C36H25N3O/c1-22-13-15-30-26(19-22)34-31(16-18-33-35(34)27-20-23(2)14-17-32(27)40-33)39(30)36-37-28(24-9-5-3-6-10-24)21-29(38-36)25-11-7-4-8-12-25/h3-21H,1-2H3. The van der Waals surface area contributed by atoms with E-state index in [1.54, 1.807) is 0 Å². The maximum atomic E-state index is 6.32. The van der Waals surface area contributed by atoms with E-state index in [-0.39, 0.29) is 0 Å². The van der Waals surface area contributed by atoms with E-state index in [1.807, 2.05) is 36.4 Å². The first-order chi connectivity index (χ1) is 19.6. The summed E-state index contributed by atoms with van der Waals surface area (Å²) in [6.45, 7) is 4.26. The molecule has 4 nitrogen and oxygen atoms in total. The zero-order chi connectivity index (χ0) is 26.8. The molecular weight excluding hydrogens is 490 g/mol. The molecule has 190 valence electrons. The first-order valence-corrected chi connectivity index (χ1v) is 13.5. The number of aromatic nitrogens is 3. The SMILES string of the molecule is Cc1ccc2oc3ccc4c(c5cc(C)ccc5n4-c4nc(-c5ccccc5)cc(-c5ccccc5)n4)c3c2c1. The van der Waals surface area contributed by atoms with E-state index < -0.39 is 0 Å². The molecule has 8 rings (SSSR count). The third kappa shape index (κ3) is 3.46. The molecule has 0 N–H and O–H groups in total. The van der Waals surface area contributed by atoms with Gasteiger partial charge < -0.3 is 4.42 Å². The predicted octanol–water partition coefficient (Wildman–Crippen LogP) is 9.42. The first-order valence-electron chi connectivity index (χ1n) is 13.5. The highest BCUT2D eigenvalue weighted by Crippen LogP contribution is 2.41. The van der Waals surface area contributed by atoms with Crippen LogP contribution in [0.3, 0.4) is 0 Å². The molecule has 0 aliphatic carbocycles. The molecule has 0 aliphatic heterocycles. The highest BCUT2D eigenvalue weighted by Gasteiger charge is 2.21. The van der Waals surface area contributed by atoms with Gasteiger partial charge in [-0.3, -0.25) is 4.57 Å². The fourth-order valence-corrected chi connectivity index (χ4v) is 5.87. The summed E-state index contributed by atoms with van der Waals surface area (Å²) in [7, 11) is 0. The number of furan rings is 1. The molecule has 0 aliphatic rings. The van der Waals surface area contributed by atoms with Gasteiger partial charge in [-0.15, -0.1) is 0 Å². The largest absolute Gasteiger partial charge is 0.456 e. The second-order valence-electron chi connectivity index (χ2n) is 10.5. The number of nitrogens with zero attached hydrogens (tertiary/aromatic N) is 3. The molecule has 0 atom stereocenters. The summed E-state index contributed by atoms with van der Waals surface area (Å²) < 4.78 is 8.53. The van der Waals surface area contributed by atoms with Crippen molar-refractivity contribution in [2.75, 3.05) is 0 Å². The summed E-state index contributed by atoms with van der Waals surface area (Å²) in [6, 6.07) is 39.9. The number of benzene rings is 5. The van der Waals surface area contributed by atoms with Crippen molar-refractivity contribution in [3.63, 3.8) is 0 Å². The summed E-state index contributed by atoms with van der Waals surface area (Å²) in [5, 5.41) is 4.59. The van der Waals surface area contributed by atoms with Gasteiger partial charge in [0.05, 0.1) is 22.4 Å². The third-order valence-electron chi connectivity index (χ3n) is 7.73. The predicted molar refractivity (Wildman–Crippen MR) is 164 cm³/mol. The fourth-order valence-electron chi connectivity index (χ4n) is 5.87. The van der Waals surface area contributed by atoms with Crippen LogP contribution in [0.4, 0.5) is 0 Å². The van der Waals surface area contributed by atoms with Crippen LogP contribution < -0.4 is 0 Å².